The van der Waals surface area contributed by atoms with Crippen LogP contribution in [0.15, 0.2) is 6.33 Å². The van der Waals surface area contributed by atoms with E-state index < -0.39 is 0 Å². The number of anilines is 1. The molecule has 0 radical (unpaired) electrons. The van der Waals surface area contributed by atoms with E-state index >= 15 is 0 Å². The smallest absolute Gasteiger partial charge is 0.222 e. The molecule has 2 heterocycles. The molecule has 20 heavy (non-hydrogen) atoms. The lowest BCUT2D eigenvalue weighted by Crippen LogP contribution is -2.36. The SMILES string of the molecule is CCNc1ncnc(OC2CCN(C)CC2)c1C(C)C. The third-order valence-electron chi connectivity index (χ3n) is 3.71. The van der Waals surface area contributed by atoms with Gasteiger partial charge in [-0.05, 0) is 32.7 Å². The Morgan fingerprint density at radius 3 is 2.65 bits per heavy atom. The van der Waals surface area contributed by atoms with Crippen LogP contribution in [0.4, 0.5) is 5.82 Å². The third kappa shape index (κ3) is 3.60. The highest BCUT2D eigenvalue weighted by molar-refractivity contribution is 5.50. The summed E-state index contributed by atoms with van der Waals surface area (Å²) in [4.78, 5) is 11.1. The minimum atomic E-state index is 0.271. The zero-order valence-electron chi connectivity index (χ0n) is 13.0. The van der Waals surface area contributed by atoms with E-state index in [1.807, 2.05) is 0 Å². The van der Waals surface area contributed by atoms with Gasteiger partial charge in [-0.1, -0.05) is 13.8 Å². The second-order valence-electron chi connectivity index (χ2n) is 5.75. The molecule has 1 N–H and O–H groups in total. The van der Waals surface area contributed by atoms with E-state index in [0.717, 1.165) is 49.7 Å². The molecule has 1 aromatic heterocycles. The fourth-order valence-electron chi connectivity index (χ4n) is 2.56. The van der Waals surface area contributed by atoms with Crippen LogP contribution in [0.2, 0.25) is 0 Å². The topological polar surface area (TPSA) is 50.3 Å². The van der Waals surface area contributed by atoms with Crippen molar-refractivity contribution in [2.24, 2.45) is 0 Å². The Bertz CT molecular complexity index is 428. The maximum Gasteiger partial charge on any atom is 0.222 e. The largest absolute Gasteiger partial charge is 0.474 e. The lowest BCUT2D eigenvalue weighted by Gasteiger charge is -2.30. The molecule has 112 valence electrons. The van der Waals surface area contributed by atoms with Gasteiger partial charge >= 0.3 is 0 Å². The van der Waals surface area contributed by atoms with Gasteiger partial charge in [-0.25, -0.2) is 9.97 Å². The summed E-state index contributed by atoms with van der Waals surface area (Å²) < 4.78 is 6.17. The van der Waals surface area contributed by atoms with E-state index in [2.05, 4.69) is 48.0 Å². The molecular formula is C15H26N4O. The number of nitrogens with zero attached hydrogens (tertiary/aromatic N) is 3. The van der Waals surface area contributed by atoms with Gasteiger partial charge in [-0.2, -0.15) is 0 Å². The molecule has 1 aliphatic heterocycles. The average molecular weight is 278 g/mol. The Kier molecular flexibility index (Phi) is 5.17. The van der Waals surface area contributed by atoms with Crippen molar-refractivity contribution in [3.8, 4) is 5.88 Å². The molecule has 5 heteroatoms. The number of hydrogen-bond acceptors (Lipinski definition) is 5. The van der Waals surface area contributed by atoms with Gasteiger partial charge in [0.1, 0.15) is 18.2 Å². The van der Waals surface area contributed by atoms with E-state index in [-0.39, 0.29) is 6.10 Å². The Balaban J connectivity index is 2.16. The number of hydrogen-bond donors (Lipinski definition) is 1. The highest BCUT2D eigenvalue weighted by atomic mass is 16.5. The second kappa shape index (κ2) is 6.88. The summed E-state index contributed by atoms with van der Waals surface area (Å²) in [6, 6.07) is 0. The highest BCUT2D eigenvalue weighted by Gasteiger charge is 2.22. The van der Waals surface area contributed by atoms with Crippen molar-refractivity contribution in [2.45, 2.75) is 45.6 Å². The van der Waals surface area contributed by atoms with Gasteiger partial charge < -0.3 is 15.0 Å². The summed E-state index contributed by atoms with van der Waals surface area (Å²) in [7, 11) is 2.16. The molecule has 0 spiro atoms. The van der Waals surface area contributed by atoms with Gasteiger partial charge in [0.15, 0.2) is 0 Å². The number of aromatic nitrogens is 2. The zero-order chi connectivity index (χ0) is 14.5. The van der Waals surface area contributed by atoms with Crippen LogP contribution < -0.4 is 10.1 Å². The van der Waals surface area contributed by atoms with Gasteiger partial charge in [0.05, 0.1) is 5.56 Å². The van der Waals surface area contributed by atoms with Crippen molar-refractivity contribution in [3.63, 3.8) is 0 Å². The number of nitrogens with one attached hydrogen (secondary N) is 1. The molecule has 0 aliphatic carbocycles. The van der Waals surface area contributed by atoms with Crippen LogP contribution in [-0.4, -0.2) is 47.7 Å². The summed E-state index contributed by atoms with van der Waals surface area (Å²) >= 11 is 0. The maximum absolute atomic E-state index is 6.17. The molecular weight excluding hydrogens is 252 g/mol. The summed E-state index contributed by atoms with van der Waals surface area (Å²) in [6.07, 6.45) is 3.99. The van der Waals surface area contributed by atoms with Crippen LogP contribution in [0.5, 0.6) is 5.88 Å². The van der Waals surface area contributed by atoms with E-state index in [1.54, 1.807) is 6.33 Å². The first-order valence-electron chi connectivity index (χ1n) is 7.55. The average Bonchev–Trinajstić information content (AvgIpc) is 2.41. The summed E-state index contributed by atoms with van der Waals surface area (Å²) in [5, 5.41) is 3.30. The molecule has 5 nitrogen and oxygen atoms in total. The predicted octanol–water partition coefficient (Wildman–Crippen LogP) is 2.50. The molecule has 0 atom stereocenters. The molecule has 2 rings (SSSR count). The molecule has 1 fully saturated rings. The van der Waals surface area contributed by atoms with Crippen LogP contribution >= 0.6 is 0 Å². The number of piperidine rings is 1. The van der Waals surface area contributed by atoms with Crippen molar-refractivity contribution in [1.29, 1.82) is 0 Å². The Morgan fingerprint density at radius 2 is 2.05 bits per heavy atom. The summed E-state index contributed by atoms with van der Waals surface area (Å²) in [5.74, 6) is 1.99. The van der Waals surface area contributed by atoms with Crippen LogP contribution in [0.25, 0.3) is 0 Å². The second-order valence-corrected chi connectivity index (χ2v) is 5.75. The quantitative estimate of drug-likeness (QED) is 0.897. The molecule has 0 saturated carbocycles. The molecule has 1 saturated heterocycles. The van der Waals surface area contributed by atoms with Crippen molar-refractivity contribution < 1.29 is 4.74 Å². The molecule has 1 aliphatic rings. The Labute approximate surface area is 121 Å². The van der Waals surface area contributed by atoms with E-state index in [9.17, 15) is 0 Å². The fourth-order valence-corrected chi connectivity index (χ4v) is 2.56. The fraction of sp³-hybridized carbons (Fsp3) is 0.733. The van der Waals surface area contributed by atoms with Crippen LogP contribution in [0.3, 0.4) is 0 Å². The first kappa shape index (κ1) is 15.0. The van der Waals surface area contributed by atoms with E-state index in [1.165, 1.54) is 0 Å². The minimum absolute atomic E-state index is 0.271. The maximum atomic E-state index is 6.17. The first-order valence-corrected chi connectivity index (χ1v) is 7.55. The van der Waals surface area contributed by atoms with Gasteiger partial charge in [0.25, 0.3) is 0 Å². The van der Waals surface area contributed by atoms with E-state index in [4.69, 9.17) is 4.74 Å². The lowest BCUT2D eigenvalue weighted by atomic mass is 10.0. The monoisotopic (exact) mass is 278 g/mol. The summed E-state index contributed by atoms with van der Waals surface area (Å²) in [6.45, 7) is 9.41. The normalized spacial score (nSPS) is 17.4. The lowest BCUT2D eigenvalue weighted by molar-refractivity contribution is 0.108. The number of likely N-dealkylation sites (tertiary alicyclic amines) is 1. The zero-order valence-corrected chi connectivity index (χ0v) is 13.0. The van der Waals surface area contributed by atoms with Crippen molar-refractivity contribution in [2.75, 3.05) is 32.0 Å². The predicted molar refractivity (Wildman–Crippen MR) is 81.4 cm³/mol. The minimum Gasteiger partial charge on any atom is -0.474 e. The molecule has 1 aromatic rings. The summed E-state index contributed by atoms with van der Waals surface area (Å²) in [5.41, 5.74) is 1.09. The van der Waals surface area contributed by atoms with Gasteiger partial charge in [0, 0.05) is 19.6 Å². The molecule has 0 aromatic carbocycles. The Hall–Kier alpha value is -1.36. The van der Waals surface area contributed by atoms with E-state index in [0.29, 0.717) is 5.92 Å². The van der Waals surface area contributed by atoms with Gasteiger partial charge in [-0.15, -0.1) is 0 Å². The van der Waals surface area contributed by atoms with Gasteiger partial charge in [0.2, 0.25) is 5.88 Å². The molecule has 0 bridgehead atoms. The Morgan fingerprint density at radius 1 is 1.35 bits per heavy atom. The van der Waals surface area contributed by atoms with Crippen molar-refractivity contribution in [1.82, 2.24) is 14.9 Å². The van der Waals surface area contributed by atoms with Crippen LogP contribution in [0.1, 0.15) is 45.1 Å². The standard InChI is InChI=1S/C15H26N4O/c1-5-16-14-13(11(2)3)15(18-10-17-14)20-12-6-8-19(4)9-7-12/h10-12H,5-9H2,1-4H3,(H,16,17,18). The van der Waals surface area contributed by atoms with Crippen LogP contribution in [0, 0.1) is 0 Å². The van der Waals surface area contributed by atoms with Crippen molar-refractivity contribution in [3.05, 3.63) is 11.9 Å². The molecule has 0 unspecified atom stereocenters. The molecule has 0 amide bonds. The first-order chi connectivity index (χ1) is 9.61. The van der Waals surface area contributed by atoms with Gasteiger partial charge in [-0.3, -0.25) is 0 Å². The number of ether oxygens (including phenoxy) is 1. The highest BCUT2D eigenvalue weighted by Crippen LogP contribution is 2.31. The van der Waals surface area contributed by atoms with Crippen LogP contribution in [-0.2, 0) is 0 Å². The third-order valence-corrected chi connectivity index (χ3v) is 3.71. The van der Waals surface area contributed by atoms with Crippen molar-refractivity contribution >= 4 is 5.82 Å². The number of rotatable bonds is 5.